The molecule has 0 radical (unpaired) electrons. The topological polar surface area (TPSA) is 62.7 Å². The minimum absolute atomic E-state index is 0.0846. The summed E-state index contributed by atoms with van der Waals surface area (Å²) in [6, 6.07) is 7.55. The van der Waals surface area contributed by atoms with Crippen molar-refractivity contribution in [2.24, 2.45) is 0 Å². The van der Waals surface area contributed by atoms with Gasteiger partial charge in [0.05, 0.1) is 24.9 Å². The fourth-order valence-electron chi connectivity index (χ4n) is 2.06. The van der Waals surface area contributed by atoms with E-state index in [1.54, 1.807) is 17.5 Å². The van der Waals surface area contributed by atoms with Gasteiger partial charge >= 0.3 is 0 Å². The molecule has 112 valence electrons. The first-order valence-corrected chi connectivity index (χ1v) is 7.47. The lowest BCUT2D eigenvalue weighted by Crippen LogP contribution is -2.33. The molecule has 0 spiro atoms. The van der Waals surface area contributed by atoms with Gasteiger partial charge in [-0.2, -0.15) is 0 Å². The normalized spacial score (nSPS) is 10.4. The molecule has 0 aliphatic heterocycles. The molecule has 1 heterocycles. The third kappa shape index (κ3) is 3.59. The highest BCUT2D eigenvalue weighted by atomic mass is 32.1. The third-order valence-corrected chi connectivity index (χ3v) is 4.07. The molecule has 1 aromatic heterocycles. The summed E-state index contributed by atoms with van der Waals surface area (Å²) in [5.74, 6) is 0.615. The average Bonchev–Trinajstić information content (AvgIpc) is 2.92. The van der Waals surface area contributed by atoms with Gasteiger partial charge in [0, 0.05) is 18.7 Å². The van der Waals surface area contributed by atoms with Gasteiger partial charge in [0.15, 0.2) is 0 Å². The Morgan fingerprint density at radius 3 is 2.81 bits per heavy atom. The summed E-state index contributed by atoms with van der Waals surface area (Å²) < 4.78 is 5.31. The molecule has 1 N–H and O–H groups in total. The van der Waals surface area contributed by atoms with E-state index in [1.807, 2.05) is 31.2 Å². The number of aliphatic hydroxyl groups excluding tert-OH is 1. The van der Waals surface area contributed by atoms with Crippen LogP contribution in [0.15, 0.2) is 29.8 Å². The summed E-state index contributed by atoms with van der Waals surface area (Å²) in [4.78, 5) is 18.9. The maximum absolute atomic E-state index is 12.6. The van der Waals surface area contributed by atoms with Gasteiger partial charge in [-0.1, -0.05) is 18.2 Å². The molecular formula is C15H18N2O3S. The highest BCUT2D eigenvalue weighted by molar-refractivity contribution is 7.11. The van der Waals surface area contributed by atoms with Crippen molar-refractivity contribution >= 4 is 17.2 Å². The predicted octanol–water partition coefficient (Wildman–Crippen LogP) is 2.09. The van der Waals surface area contributed by atoms with E-state index in [9.17, 15) is 9.90 Å². The fourth-order valence-corrected chi connectivity index (χ4v) is 2.83. The van der Waals surface area contributed by atoms with Crippen molar-refractivity contribution in [3.8, 4) is 5.75 Å². The second kappa shape index (κ2) is 7.19. The van der Waals surface area contributed by atoms with Crippen molar-refractivity contribution in [3.63, 3.8) is 0 Å². The van der Waals surface area contributed by atoms with Gasteiger partial charge in [0.2, 0.25) is 0 Å². The third-order valence-electron chi connectivity index (χ3n) is 3.15. The predicted molar refractivity (Wildman–Crippen MR) is 81.7 cm³/mol. The maximum atomic E-state index is 12.6. The van der Waals surface area contributed by atoms with E-state index >= 15 is 0 Å². The summed E-state index contributed by atoms with van der Waals surface area (Å²) in [6.45, 7) is 2.39. The Labute approximate surface area is 127 Å². The average molecular weight is 306 g/mol. The standard InChI is InChI=1S/C15H18N2O3S/c1-11-14(21-10-16-11)15(19)17(7-8-18)9-12-5-3-4-6-13(12)20-2/h3-6,10,18H,7-9H2,1-2H3. The van der Waals surface area contributed by atoms with Crippen LogP contribution in [-0.2, 0) is 6.54 Å². The van der Waals surface area contributed by atoms with Crippen molar-refractivity contribution < 1.29 is 14.6 Å². The van der Waals surface area contributed by atoms with Crippen LogP contribution in [0.1, 0.15) is 20.9 Å². The number of nitrogens with zero attached hydrogens (tertiary/aromatic N) is 2. The molecule has 1 amide bonds. The highest BCUT2D eigenvalue weighted by Crippen LogP contribution is 2.22. The van der Waals surface area contributed by atoms with Gasteiger partial charge in [-0.3, -0.25) is 4.79 Å². The zero-order valence-corrected chi connectivity index (χ0v) is 12.9. The Balaban J connectivity index is 2.23. The Morgan fingerprint density at radius 1 is 1.43 bits per heavy atom. The quantitative estimate of drug-likeness (QED) is 0.887. The van der Waals surface area contributed by atoms with Crippen LogP contribution in [0.2, 0.25) is 0 Å². The number of benzene rings is 1. The number of para-hydroxylation sites is 1. The lowest BCUT2D eigenvalue weighted by atomic mass is 10.2. The summed E-state index contributed by atoms with van der Waals surface area (Å²) in [5.41, 5.74) is 3.28. The molecule has 0 saturated heterocycles. The number of amides is 1. The summed E-state index contributed by atoms with van der Waals surface area (Å²) in [5, 5.41) is 9.22. The van der Waals surface area contributed by atoms with Crippen LogP contribution >= 0.6 is 11.3 Å². The molecule has 0 unspecified atom stereocenters. The SMILES string of the molecule is COc1ccccc1CN(CCO)C(=O)c1scnc1C. The van der Waals surface area contributed by atoms with Crippen molar-refractivity contribution in [1.82, 2.24) is 9.88 Å². The first-order chi connectivity index (χ1) is 10.2. The highest BCUT2D eigenvalue weighted by Gasteiger charge is 2.20. The Hall–Kier alpha value is -1.92. The van der Waals surface area contributed by atoms with Gasteiger partial charge < -0.3 is 14.7 Å². The second-order valence-electron chi connectivity index (χ2n) is 4.53. The summed E-state index contributed by atoms with van der Waals surface area (Å²) in [6.07, 6.45) is 0. The van der Waals surface area contributed by atoms with Crippen LogP contribution < -0.4 is 4.74 Å². The minimum Gasteiger partial charge on any atom is -0.496 e. The molecule has 2 rings (SSSR count). The van der Waals surface area contributed by atoms with Crippen molar-refractivity contribution in [2.75, 3.05) is 20.3 Å². The molecular weight excluding hydrogens is 288 g/mol. The number of ether oxygens (including phenoxy) is 1. The number of hydrogen-bond acceptors (Lipinski definition) is 5. The molecule has 6 heteroatoms. The molecule has 0 fully saturated rings. The molecule has 0 bridgehead atoms. The van der Waals surface area contributed by atoms with Gasteiger partial charge in [0.1, 0.15) is 10.6 Å². The Bertz CT molecular complexity index is 612. The lowest BCUT2D eigenvalue weighted by Gasteiger charge is -2.22. The smallest absolute Gasteiger partial charge is 0.266 e. The van der Waals surface area contributed by atoms with E-state index in [2.05, 4.69) is 4.98 Å². The molecule has 2 aromatic rings. The lowest BCUT2D eigenvalue weighted by molar-refractivity contribution is 0.0710. The molecule has 0 aliphatic rings. The Morgan fingerprint density at radius 2 is 2.19 bits per heavy atom. The molecule has 0 aliphatic carbocycles. The molecule has 0 atom stereocenters. The van der Waals surface area contributed by atoms with Crippen molar-refractivity contribution in [1.29, 1.82) is 0 Å². The number of rotatable bonds is 6. The van der Waals surface area contributed by atoms with Crippen molar-refractivity contribution in [3.05, 3.63) is 45.9 Å². The van der Waals surface area contributed by atoms with Gasteiger partial charge in [-0.25, -0.2) is 4.98 Å². The minimum atomic E-state index is -0.116. The summed E-state index contributed by atoms with van der Waals surface area (Å²) in [7, 11) is 1.60. The molecule has 0 saturated carbocycles. The monoisotopic (exact) mass is 306 g/mol. The van der Waals surface area contributed by atoms with Gasteiger partial charge in [-0.15, -0.1) is 11.3 Å². The van der Waals surface area contributed by atoms with Crippen molar-refractivity contribution in [2.45, 2.75) is 13.5 Å². The van der Waals surface area contributed by atoms with E-state index < -0.39 is 0 Å². The van der Waals surface area contributed by atoms with Crippen LogP contribution in [0.25, 0.3) is 0 Å². The van der Waals surface area contributed by atoms with E-state index in [1.165, 1.54) is 11.3 Å². The van der Waals surface area contributed by atoms with Crippen LogP contribution in [0.4, 0.5) is 0 Å². The summed E-state index contributed by atoms with van der Waals surface area (Å²) >= 11 is 1.32. The van der Waals surface area contributed by atoms with E-state index in [0.29, 0.717) is 17.1 Å². The van der Waals surface area contributed by atoms with Crippen LogP contribution in [0, 0.1) is 6.92 Å². The zero-order chi connectivity index (χ0) is 15.2. The van der Waals surface area contributed by atoms with Gasteiger partial charge in [0.25, 0.3) is 5.91 Å². The number of aryl methyl sites for hydroxylation is 1. The molecule has 5 nitrogen and oxygen atoms in total. The first-order valence-electron chi connectivity index (χ1n) is 6.59. The number of hydrogen-bond donors (Lipinski definition) is 1. The number of thiazole rings is 1. The first kappa shape index (κ1) is 15.5. The largest absolute Gasteiger partial charge is 0.496 e. The molecule has 1 aromatic carbocycles. The number of aromatic nitrogens is 1. The maximum Gasteiger partial charge on any atom is 0.266 e. The van der Waals surface area contributed by atoms with E-state index in [-0.39, 0.29) is 19.1 Å². The van der Waals surface area contributed by atoms with Crippen LogP contribution in [0.5, 0.6) is 5.75 Å². The zero-order valence-electron chi connectivity index (χ0n) is 12.1. The van der Waals surface area contributed by atoms with E-state index in [0.717, 1.165) is 11.3 Å². The van der Waals surface area contributed by atoms with E-state index in [4.69, 9.17) is 4.74 Å². The van der Waals surface area contributed by atoms with Crippen LogP contribution in [-0.4, -0.2) is 41.2 Å². The van der Waals surface area contributed by atoms with Crippen LogP contribution in [0.3, 0.4) is 0 Å². The number of aliphatic hydroxyl groups is 1. The number of carbonyl (C=O) groups excluding carboxylic acids is 1. The number of carbonyl (C=O) groups is 1. The number of methoxy groups -OCH3 is 1. The molecule has 21 heavy (non-hydrogen) atoms. The Kier molecular flexibility index (Phi) is 5.30. The second-order valence-corrected chi connectivity index (χ2v) is 5.38. The van der Waals surface area contributed by atoms with Gasteiger partial charge in [-0.05, 0) is 13.0 Å². The fraction of sp³-hybridized carbons (Fsp3) is 0.333.